The molecule has 1 atom stereocenters. The highest BCUT2D eigenvalue weighted by atomic mass is 32.2. The molecule has 1 unspecified atom stereocenters. The van der Waals surface area contributed by atoms with Gasteiger partial charge in [0.1, 0.15) is 0 Å². The molecule has 1 aliphatic heterocycles. The molecule has 2 rings (SSSR count). The standard InChI is InChI=1S/C12H18N2O3S/c1-10-3-2-7-14(8-6-10)18(16,17)11-4-5-12(15)13-9-11/h4-5,9-10H,2-3,6-8H2,1H3,(H,13,15). The Bertz CT molecular complexity index is 544. The normalized spacial score (nSPS) is 22.6. The molecule has 0 saturated carbocycles. The monoisotopic (exact) mass is 270 g/mol. The van der Waals surface area contributed by atoms with Gasteiger partial charge in [0.2, 0.25) is 15.6 Å². The summed E-state index contributed by atoms with van der Waals surface area (Å²) >= 11 is 0. The highest BCUT2D eigenvalue weighted by molar-refractivity contribution is 7.89. The third-order valence-electron chi connectivity index (χ3n) is 3.37. The van der Waals surface area contributed by atoms with Gasteiger partial charge in [-0.05, 0) is 31.2 Å². The first-order chi connectivity index (χ1) is 8.50. The van der Waals surface area contributed by atoms with Crippen LogP contribution in [0, 0.1) is 5.92 Å². The van der Waals surface area contributed by atoms with Crippen molar-refractivity contribution in [3.8, 4) is 0 Å². The summed E-state index contributed by atoms with van der Waals surface area (Å²) in [4.78, 5) is 13.5. The third-order valence-corrected chi connectivity index (χ3v) is 5.26. The molecule has 1 aliphatic rings. The number of H-pyrrole nitrogens is 1. The van der Waals surface area contributed by atoms with Gasteiger partial charge in [-0.15, -0.1) is 0 Å². The van der Waals surface area contributed by atoms with Crippen molar-refractivity contribution in [3.63, 3.8) is 0 Å². The lowest BCUT2D eigenvalue weighted by molar-refractivity contribution is 0.416. The average Bonchev–Trinajstić information content (AvgIpc) is 2.55. The van der Waals surface area contributed by atoms with E-state index in [9.17, 15) is 13.2 Å². The third kappa shape index (κ3) is 2.81. The van der Waals surface area contributed by atoms with Crippen LogP contribution in [0.3, 0.4) is 0 Å². The Morgan fingerprint density at radius 3 is 2.72 bits per heavy atom. The van der Waals surface area contributed by atoms with E-state index in [1.165, 1.54) is 22.6 Å². The molecule has 100 valence electrons. The molecule has 0 aliphatic carbocycles. The topological polar surface area (TPSA) is 70.2 Å². The molecule has 1 aromatic heterocycles. The fraction of sp³-hybridized carbons (Fsp3) is 0.583. The van der Waals surface area contributed by atoms with Crippen molar-refractivity contribution in [2.24, 2.45) is 5.92 Å². The number of pyridine rings is 1. The zero-order valence-corrected chi connectivity index (χ0v) is 11.2. The molecule has 1 aromatic rings. The molecule has 1 N–H and O–H groups in total. The second-order valence-electron chi connectivity index (χ2n) is 4.83. The van der Waals surface area contributed by atoms with E-state index in [0.717, 1.165) is 19.3 Å². The number of rotatable bonds is 2. The van der Waals surface area contributed by atoms with Crippen LogP contribution in [0.4, 0.5) is 0 Å². The van der Waals surface area contributed by atoms with Gasteiger partial charge >= 0.3 is 0 Å². The van der Waals surface area contributed by atoms with Crippen LogP contribution in [0.25, 0.3) is 0 Å². The van der Waals surface area contributed by atoms with Crippen molar-refractivity contribution < 1.29 is 8.42 Å². The van der Waals surface area contributed by atoms with E-state index < -0.39 is 10.0 Å². The summed E-state index contributed by atoms with van der Waals surface area (Å²) in [6.07, 6.45) is 4.12. The number of hydrogen-bond acceptors (Lipinski definition) is 3. The van der Waals surface area contributed by atoms with E-state index in [1.807, 2.05) is 0 Å². The molecule has 6 heteroatoms. The van der Waals surface area contributed by atoms with Gasteiger partial charge in [0.15, 0.2) is 0 Å². The summed E-state index contributed by atoms with van der Waals surface area (Å²) in [5.41, 5.74) is -0.293. The summed E-state index contributed by atoms with van der Waals surface area (Å²) in [6, 6.07) is 2.61. The van der Waals surface area contributed by atoms with Crippen molar-refractivity contribution in [2.75, 3.05) is 13.1 Å². The number of hydrogen-bond donors (Lipinski definition) is 1. The molecule has 0 aromatic carbocycles. The summed E-state index contributed by atoms with van der Waals surface area (Å²) in [5, 5.41) is 0. The molecule has 0 amide bonds. The Morgan fingerprint density at radius 2 is 2.06 bits per heavy atom. The minimum absolute atomic E-state index is 0.164. The Labute approximate surface area is 107 Å². The van der Waals surface area contributed by atoms with Crippen LogP contribution >= 0.6 is 0 Å². The number of nitrogens with zero attached hydrogens (tertiary/aromatic N) is 1. The number of sulfonamides is 1. The molecule has 0 radical (unpaired) electrons. The Morgan fingerprint density at radius 1 is 1.28 bits per heavy atom. The lowest BCUT2D eigenvalue weighted by atomic mass is 10.0. The van der Waals surface area contributed by atoms with Crippen LogP contribution in [0.2, 0.25) is 0 Å². The van der Waals surface area contributed by atoms with E-state index in [1.54, 1.807) is 0 Å². The Hall–Kier alpha value is -1.14. The van der Waals surface area contributed by atoms with Gasteiger partial charge in [-0.2, -0.15) is 4.31 Å². The van der Waals surface area contributed by atoms with Crippen LogP contribution < -0.4 is 5.56 Å². The van der Waals surface area contributed by atoms with Gasteiger partial charge in [0.05, 0.1) is 4.90 Å². The maximum absolute atomic E-state index is 12.4. The number of aromatic amines is 1. The molecular weight excluding hydrogens is 252 g/mol. The predicted octanol–water partition coefficient (Wildman–Crippen LogP) is 1.19. The largest absolute Gasteiger partial charge is 0.328 e. The van der Waals surface area contributed by atoms with Gasteiger partial charge in [-0.3, -0.25) is 4.79 Å². The first kappa shape index (κ1) is 13.3. The Kier molecular flexibility index (Phi) is 3.87. The van der Waals surface area contributed by atoms with Crippen molar-refractivity contribution in [1.29, 1.82) is 0 Å². The zero-order chi connectivity index (χ0) is 13.2. The van der Waals surface area contributed by atoms with Gasteiger partial charge in [0.25, 0.3) is 0 Å². The minimum Gasteiger partial charge on any atom is -0.328 e. The highest BCUT2D eigenvalue weighted by Gasteiger charge is 2.26. The molecular formula is C12H18N2O3S. The summed E-state index contributed by atoms with van der Waals surface area (Å²) in [7, 11) is -3.46. The fourth-order valence-electron chi connectivity index (χ4n) is 2.18. The van der Waals surface area contributed by atoms with E-state index in [2.05, 4.69) is 11.9 Å². The minimum atomic E-state index is -3.46. The molecule has 18 heavy (non-hydrogen) atoms. The lowest BCUT2D eigenvalue weighted by Crippen LogP contribution is -2.32. The summed E-state index contributed by atoms with van der Waals surface area (Å²) < 4.78 is 26.2. The van der Waals surface area contributed by atoms with Crippen LogP contribution in [-0.2, 0) is 10.0 Å². The van der Waals surface area contributed by atoms with Gasteiger partial charge in [-0.1, -0.05) is 6.92 Å². The van der Waals surface area contributed by atoms with E-state index in [-0.39, 0.29) is 10.5 Å². The first-order valence-electron chi connectivity index (χ1n) is 6.19. The summed E-state index contributed by atoms with van der Waals surface area (Å²) in [6.45, 7) is 3.27. The van der Waals surface area contributed by atoms with Crippen LogP contribution in [0.15, 0.2) is 28.0 Å². The van der Waals surface area contributed by atoms with Crippen molar-refractivity contribution in [3.05, 3.63) is 28.7 Å². The molecule has 1 fully saturated rings. The molecule has 1 saturated heterocycles. The van der Waals surface area contributed by atoms with Crippen LogP contribution in [0.5, 0.6) is 0 Å². The maximum atomic E-state index is 12.4. The lowest BCUT2D eigenvalue weighted by Gasteiger charge is -2.19. The highest BCUT2D eigenvalue weighted by Crippen LogP contribution is 2.21. The van der Waals surface area contributed by atoms with Crippen molar-refractivity contribution >= 4 is 10.0 Å². The number of aromatic nitrogens is 1. The molecule has 0 spiro atoms. The molecule has 5 nitrogen and oxygen atoms in total. The van der Waals surface area contributed by atoms with Crippen molar-refractivity contribution in [1.82, 2.24) is 9.29 Å². The zero-order valence-electron chi connectivity index (χ0n) is 10.4. The molecule has 0 bridgehead atoms. The van der Waals surface area contributed by atoms with E-state index >= 15 is 0 Å². The maximum Gasteiger partial charge on any atom is 0.247 e. The van der Waals surface area contributed by atoms with Gasteiger partial charge in [0, 0.05) is 25.4 Å². The SMILES string of the molecule is CC1CCCN(S(=O)(=O)c2ccc(=O)[nH]c2)CC1. The summed E-state index contributed by atoms with van der Waals surface area (Å²) in [5.74, 6) is 0.570. The van der Waals surface area contributed by atoms with Crippen LogP contribution in [0.1, 0.15) is 26.2 Å². The second kappa shape index (κ2) is 5.24. The van der Waals surface area contributed by atoms with Crippen molar-refractivity contribution in [2.45, 2.75) is 31.1 Å². The van der Waals surface area contributed by atoms with Gasteiger partial charge in [-0.25, -0.2) is 8.42 Å². The predicted molar refractivity (Wildman–Crippen MR) is 68.8 cm³/mol. The molecule has 2 heterocycles. The first-order valence-corrected chi connectivity index (χ1v) is 7.63. The van der Waals surface area contributed by atoms with E-state index in [0.29, 0.717) is 19.0 Å². The number of nitrogens with one attached hydrogen (secondary N) is 1. The second-order valence-corrected chi connectivity index (χ2v) is 6.77. The van der Waals surface area contributed by atoms with Crippen LogP contribution in [-0.4, -0.2) is 30.8 Å². The average molecular weight is 270 g/mol. The van der Waals surface area contributed by atoms with E-state index in [4.69, 9.17) is 0 Å². The Balaban J connectivity index is 2.25. The fourth-order valence-corrected chi connectivity index (χ4v) is 3.64. The quantitative estimate of drug-likeness (QED) is 0.877. The van der Waals surface area contributed by atoms with Gasteiger partial charge < -0.3 is 4.98 Å². The smallest absolute Gasteiger partial charge is 0.247 e.